The summed E-state index contributed by atoms with van der Waals surface area (Å²) in [6, 6.07) is 10.2. The number of nitrogens with two attached hydrogens (primary N) is 1. The van der Waals surface area contributed by atoms with E-state index in [1.807, 2.05) is 25.2 Å². The van der Waals surface area contributed by atoms with Crippen molar-refractivity contribution in [2.24, 2.45) is 30.5 Å². The van der Waals surface area contributed by atoms with Gasteiger partial charge in [0.25, 0.3) is 5.91 Å². The van der Waals surface area contributed by atoms with Gasteiger partial charge in [-0.2, -0.15) is 5.10 Å². The average molecular weight is 380 g/mol. The zero-order valence-corrected chi connectivity index (χ0v) is 16.6. The molecule has 4 aliphatic carbocycles. The quantitative estimate of drug-likeness (QED) is 0.833. The number of ether oxygens (including phenoxy) is 1. The Morgan fingerprint density at radius 3 is 2.32 bits per heavy atom. The van der Waals surface area contributed by atoms with Gasteiger partial charge in [0, 0.05) is 18.9 Å². The Hall–Kier alpha value is -2.30. The van der Waals surface area contributed by atoms with Gasteiger partial charge in [0.2, 0.25) is 5.88 Å². The lowest BCUT2D eigenvalue weighted by atomic mass is 9.48. The molecule has 0 radical (unpaired) electrons. The highest BCUT2D eigenvalue weighted by Crippen LogP contribution is 2.61. The maximum atomic E-state index is 12.5. The summed E-state index contributed by atoms with van der Waals surface area (Å²) in [7, 11) is 1.87. The zero-order chi connectivity index (χ0) is 19.3. The number of hydrogen-bond donors (Lipinski definition) is 1. The molecule has 4 bridgehead atoms. The fraction of sp³-hybridized carbons (Fsp3) is 0.565. The van der Waals surface area contributed by atoms with Crippen LogP contribution in [0.2, 0.25) is 0 Å². The summed E-state index contributed by atoms with van der Waals surface area (Å²) in [6.45, 7) is 0.504. The summed E-state index contributed by atoms with van der Waals surface area (Å²) in [4.78, 5) is 12.5. The minimum atomic E-state index is -0.409. The van der Waals surface area contributed by atoms with Crippen LogP contribution in [0.15, 0.2) is 30.3 Å². The van der Waals surface area contributed by atoms with Crippen molar-refractivity contribution in [1.29, 1.82) is 0 Å². The molecular weight excluding hydrogens is 350 g/mol. The third-order valence-electron chi connectivity index (χ3n) is 7.25. The molecule has 2 N–H and O–H groups in total. The van der Waals surface area contributed by atoms with E-state index in [0.717, 1.165) is 49.1 Å². The Labute approximate surface area is 166 Å². The van der Waals surface area contributed by atoms with Gasteiger partial charge in [0.1, 0.15) is 5.56 Å². The van der Waals surface area contributed by atoms with E-state index in [2.05, 4.69) is 12.1 Å². The minimum Gasteiger partial charge on any atom is -0.477 e. The first-order valence-electron chi connectivity index (χ1n) is 10.6. The van der Waals surface area contributed by atoms with Crippen molar-refractivity contribution in [3.63, 3.8) is 0 Å². The number of aryl methyl sites for hydroxylation is 1. The summed E-state index contributed by atoms with van der Waals surface area (Å²) >= 11 is 0. The molecule has 4 aliphatic rings. The third-order valence-corrected chi connectivity index (χ3v) is 7.25. The van der Waals surface area contributed by atoms with Crippen LogP contribution in [-0.2, 0) is 18.9 Å². The van der Waals surface area contributed by atoms with Crippen LogP contribution < -0.4 is 10.5 Å². The highest BCUT2D eigenvalue weighted by Gasteiger charge is 2.54. The molecule has 28 heavy (non-hydrogen) atoms. The Bertz CT molecular complexity index is 851. The molecule has 148 valence electrons. The molecular formula is C23H29N3O2. The van der Waals surface area contributed by atoms with Gasteiger partial charge in [-0.3, -0.25) is 4.79 Å². The highest BCUT2D eigenvalue weighted by atomic mass is 16.5. The predicted octanol–water partition coefficient (Wildman–Crippen LogP) is 3.61. The lowest BCUT2D eigenvalue weighted by molar-refractivity contribution is -0.00775. The second-order valence-corrected chi connectivity index (χ2v) is 9.30. The number of benzene rings is 1. The van der Waals surface area contributed by atoms with Crippen molar-refractivity contribution in [3.8, 4) is 5.88 Å². The molecule has 1 amide bonds. The average Bonchev–Trinajstić information content (AvgIpc) is 2.99. The number of nitrogens with zero attached hydrogens (tertiary/aromatic N) is 2. The number of aromatic nitrogens is 2. The molecule has 4 saturated carbocycles. The smallest absolute Gasteiger partial charge is 0.256 e. The van der Waals surface area contributed by atoms with E-state index < -0.39 is 5.91 Å². The molecule has 0 spiro atoms. The first kappa shape index (κ1) is 17.8. The van der Waals surface area contributed by atoms with Crippen molar-refractivity contribution in [2.45, 2.75) is 50.4 Å². The third kappa shape index (κ3) is 2.92. The summed E-state index contributed by atoms with van der Waals surface area (Å²) in [5, 5.41) is 4.84. The molecule has 0 saturated heterocycles. The molecule has 4 fully saturated rings. The highest BCUT2D eigenvalue weighted by molar-refractivity contribution is 5.96. The monoisotopic (exact) mass is 379 g/mol. The summed E-state index contributed by atoms with van der Waals surface area (Å²) in [5.74, 6) is 2.49. The van der Waals surface area contributed by atoms with Gasteiger partial charge >= 0.3 is 0 Å². The zero-order valence-electron chi connectivity index (χ0n) is 16.6. The largest absolute Gasteiger partial charge is 0.477 e. The standard InChI is InChI=1S/C23H29N3O2/c1-26-22(28-8-7-15-5-3-2-4-6-15)19(21(24)27)20(25-26)23-12-16-9-17(13-23)11-18(10-16)14-23/h2-6,16-18H,7-14H2,1H3,(H2,24,27). The topological polar surface area (TPSA) is 70.1 Å². The van der Waals surface area contributed by atoms with Gasteiger partial charge in [-0.25, -0.2) is 4.68 Å². The first-order chi connectivity index (χ1) is 13.5. The number of carbonyl (C=O) groups excluding carboxylic acids is 1. The second-order valence-electron chi connectivity index (χ2n) is 9.30. The van der Waals surface area contributed by atoms with Gasteiger partial charge in [-0.05, 0) is 61.8 Å². The molecule has 0 aliphatic heterocycles. The van der Waals surface area contributed by atoms with Gasteiger partial charge in [0.05, 0.1) is 12.3 Å². The van der Waals surface area contributed by atoms with Crippen LogP contribution in [-0.4, -0.2) is 22.3 Å². The van der Waals surface area contributed by atoms with E-state index in [1.54, 1.807) is 4.68 Å². The SMILES string of the molecule is Cn1nc(C23CC4CC(CC(C4)C2)C3)c(C(N)=O)c1OCCc1ccccc1. The molecule has 6 rings (SSSR count). The van der Waals surface area contributed by atoms with Gasteiger partial charge in [-0.15, -0.1) is 0 Å². The van der Waals surface area contributed by atoms with Crippen LogP contribution in [0.5, 0.6) is 5.88 Å². The van der Waals surface area contributed by atoms with Crippen LogP contribution in [0, 0.1) is 17.8 Å². The van der Waals surface area contributed by atoms with Gasteiger partial charge in [-0.1, -0.05) is 30.3 Å². The van der Waals surface area contributed by atoms with E-state index in [-0.39, 0.29) is 5.41 Å². The van der Waals surface area contributed by atoms with Crippen LogP contribution in [0.4, 0.5) is 0 Å². The lowest BCUT2D eigenvalue weighted by Gasteiger charge is -2.56. The molecule has 0 unspecified atom stereocenters. The van der Waals surface area contributed by atoms with E-state index in [9.17, 15) is 4.79 Å². The Kier molecular flexibility index (Phi) is 4.22. The van der Waals surface area contributed by atoms with E-state index >= 15 is 0 Å². The fourth-order valence-corrected chi connectivity index (χ4v) is 6.58. The molecule has 1 heterocycles. The number of rotatable bonds is 6. The van der Waals surface area contributed by atoms with E-state index in [0.29, 0.717) is 18.1 Å². The lowest BCUT2D eigenvalue weighted by Crippen LogP contribution is -2.49. The molecule has 0 atom stereocenters. The second kappa shape index (κ2) is 6.64. The Morgan fingerprint density at radius 2 is 1.75 bits per heavy atom. The first-order valence-corrected chi connectivity index (χ1v) is 10.6. The molecule has 1 aromatic heterocycles. The summed E-state index contributed by atoms with van der Waals surface area (Å²) in [5.41, 5.74) is 8.54. The molecule has 5 nitrogen and oxygen atoms in total. The van der Waals surface area contributed by atoms with Crippen molar-refractivity contribution >= 4 is 5.91 Å². The van der Waals surface area contributed by atoms with E-state index in [4.69, 9.17) is 15.6 Å². The Morgan fingerprint density at radius 1 is 1.14 bits per heavy atom. The van der Waals surface area contributed by atoms with Crippen LogP contribution in [0.1, 0.15) is 60.1 Å². The predicted molar refractivity (Wildman–Crippen MR) is 107 cm³/mol. The minimum absolute atomic E-state index is 0.0257. The number of carbonyl (C=O) groups is 1. The maximum absolute atomic E-state index is 12.5. The molecule has 5 heteroatoms. The van der Waals surface area contributed by atoms with Crippen molar-refractivity contribution in [2.75, 3.05) is 6.61 Å². The van der Waals surface area contributed by atoms with Gasteiger partial charge in [0.15, 0.2) is 0 Å². The molecule has 1 aromatic carbocycles. The van der Waals surface area contributed by atoms with E-state index in [1.165, 1.54) is 24.8 Å². The number of primary amides is 1. The Balaban J connectivity index is 1.43. The normalized spacial score (nSPS) is 30.5. The maximum Gasteiger partial charge on any atom is 0.256 e. The van der Waals surface area contributed by atoms with Crippen molar-refractivity contribution < 1.29 is 9.53 Å². The van der Waals surface area contributed by atoms with Crippen molar-refractivity contribution in [1.82, 2.24) is 9.78 Å². The van der Waals surface area contributed by atoms with Gasteiger partial charge < -0.3 is 10.5 Å². The van der Waals surface area contributed by atoms with Crippen LogP contribution in [0.3, 0.4) is 0 Å². The van der Waals surface area contributed by atoms with Crippen LogP contribution >= 0.6 is 0 Å². The summed E-state index contributed by atoms with van der Waals surface area (Å²) in [6.07, 6.45) is 8.32. The molecule has 2 aromatic rings. The fourth-order valence-electron chi connectivity index (χ4n) is 6.58. The van der Waals surface area contributed by atoms with Crippen molar-refractivity contribution in [3.05, 3.63) is 47.2 Å². The number of amides is 1. The van der Waals surface area contributed by atoms with Crippen LogP contribution in [0.25, 0.3) is 0 Å². The number of hydrogen-bond acceptors (Lipinski definition) is 3. The summed E-state index contributed by atoms with van der Waals surface area (Å²) < 4.78 is 7.81.